The zero-order valence-corrected chi connectivity index (χ0v) is 8.31. The van der Waals surface area contributed by atoms with Gasteiger partial charge in [-0.25, -0.2) is 5.01 Å². The number of allylic oxidation sites excluding steroid dienone is 1. The lowest BCUT2D eigenvalue weighted by Crippen LogP contribution is -2.39. The fourth-order valence-electron chi connectivity index (χ4n) is 0.485. The fourth-order valence-corrected chi connectivity index (χ4v) is 0.485. The summed E-state index contributed by atoms with van der Waals surface area (Å²) in [7, 11) is 2.03. The van der Waals surface area contributed by atoms with Crippen LogP contribution in [0.1, 0.15) is 27.7 Å². The lowest BCUT2D eigenvalue weighted by atomic mass is 10.2. The Bertz CT molecular complexity index is 128. The summed E-state index contributed by atoms with van der Waals surface area (Å²) in [5.74, 6) is 0.496. The molecule has 1 N–H and O–H groups in total. The molecule has 2 heteroatoms. The SMILES string of the molecule is C=C(NN(C)C(C)C)C(C)C. The smallest absolute Gasteiger partial charge is 0.0231 e. The van der Waals surface area contributed by atoms with Crippen LogP contribution in [0.25, 0.3) is 0 Å². The molecule has 0 amide bonds. The van der Waals surface area contributed by atoms with Gasteiger partial charge in [0.05, 0.1) is 0 Å². The molecule has 0 aliphatic rings. The minimum Gasteiger partial charge on any atom is -0.323 e. The summed E-state index contributed by atoms with van der Waals surface area (Å²) >= 11 is 0. The maximum Gasteiger partial charge on any atom is 0.0231 e. The molecular formula is C9H20N2. The molecule has 0 atom stereocenters. The van der Waals surface area contributed by atoms with E-state index in [1.54, 1.807) is 0 Å². The second kappa shape index (κ2) is 4.39. The molecule has 0 saturated heterocycles. The van der Waals surface area contributed by atoms with Gasteiger partial charge in [0.2, 0.25) is 0 Å². The Balaban J connectivity index is 3.76. The molecule has 0 heterocycles. The first-order chi connectivity index (χ1) is 4.95. The van der Waals surface area contributed by atoms with E-state index in [9.17, 15) is 0 Å². The van der Waals surface area contributed by atoms with Crippen molar-refractivity contribution in [2.24, 2.45) is 5.92 Å². The Morgan fingerprint density at radius 2 is 1.73 bits per heavy atom. The third kappa shape index (κ3) is 4.04. The number of hydrogen-bond donors (Lipinski definition) is 1. The van der Waals surface area contributed by atoms with E-state index >= 15 is 0 Å². The van der Waals surface area contributed by atoms with Crippen LogP contribution in [0.2, 0.25) is 0 Å². The van der Waals surface area contributed by atoms with Crippen molar-refractivity contribution in [3.8, 4) is 0 Å². The Morgan fingerprint density at radius 1 is 1.27 bits per heavy atom. The quantitative estimate of drug-likeness (QED) is 0.626. The van der Waals surface area contributed by atoms with Crippen LogP contribution in [0.4, 0.5) is 0 Å². The van der Waals surface area contributed by atoms with Crippen LogP contribution in [0.3, 0.4) is 0 Å². The second-order valence-electron chi connectivity index (χ2n) is 3.50. The van der Waals surface area contributed by atoms with Crippen LogP contribution in [0.5, 0.6) is 0 Å². The minimum absolute atomic E-state index is 0.496. The molecule has 0 unspecified atom stereocenters. The third-order valence-electron chi connectivity index (χ3n) is 1.79. The maximum atomic E-state index is 3.92. The molecule has 0 fully saturated rings. The average Bonchev–Trinajstić information content (AvgIpc) is 1.87. The lowest BCUT2D eigenvalue weighted by molar-refractivity contribution is 0.203. The van der Waals surface area contributed by atoms with Crippen molar-refractivity contribution < 1.29 is 0 Å². The van der Waals surface area contributed by atoms with E-state index in [0.29, 0.717) is 12.0 Å². The molecular weight excluding hydrogens is 136 g/mol. The number of hydrogen-bond acceptors (Lipinski definition) is 2. The molecule has 0 aliphatic heterocycles. The van der Waals surface area contributed by atoms with Gasteiger partial charge in [0.25, 0.3) is 0 Å². The Kier molecular flexibility index (Phi) is 4.19. The highest BCUT2D eigenvalue weighted by atomic mass is 15.5. The lowest BCUT2D eigenvalue weighted by Gasteiger charge is -2.25. The summed E-state index contributed by atoms with van der Waals surface area (Å²) in [6.45, 7) is 12.5. The van der Waals surface area contributed by atoms with Crippen molar-refractivity contribution in [2.45, 2.75) is 33.7 Å². The minimum atomic E-state index is 0.496. The molecule has 0 bridgehead atoms. The van der Waals surface area contributed by atoms with Crippen LogP contribution in [0, 0.1) is 5.92 Å². The van der Waals surface area contributed by atoms with Crippen molar-refractivity contribution in [3.05, 3.63) is 12.3 Å². The van der Waals surface area contributed by atoms with Gasteiger partial charge < -0.3 is 5.43 Å². The molecule has 0 saturated carbocycles. The highest BCUT2D eigenvalue weighted by Gasteiger charge is 2.05. The Morgan fingerprint density at radius 3 is 2.00 bits per heavy atom. The zero-order chi connectivity index (χ0) is 9.02. The second-order valence-corrected chi connectivity index (χ2v) is 3.50. The average molecular weight is 156 g/mol. The highest BCUT2D eigenvalue weighted by molar-refractivity contribution is 4.92. The largest absolute Gasteiger partial charge is 0.323 e. The van der Waals surface area contributed by atoms with Crippen LogP contribution in [0.15, 0.2) is 12.3 Å². The van der Waals surface area contributed by atoms with Crippen LogP contribution < -0.4 is 5.43 Å². The monoisotopic (exact) mass is 156 g/mol. The van der Waals surface area contributed by atoms with E-state index < -0.39 is 0 Å². The van der Waals surface area contributed by atoms with Gasteiger partial charge in [0, 0.05) is 18.8 Å². The standard InChI is InChI=1S/C9H20N2/c1-7(2)9(5)10-11(6)8(3)4/h7-8,10H,5H2,1-4,6H3. The maximum absolute atomic E-state index is 3.92. The van der Waals surface area contributed by atoms with Crippen LogP contribution in [-0.4, -0.2) is 18.1 Å². The summed E-state index contributed by atoms with van der Waals surface area (Å²) in [6.07, 6.45) is 0. The van der Waals surface area contributed by atoms with E-state index in [1.807, 2.05) is 7.05 Å². The van der Waals surface area contributed by atoms with E-state index in [2.05, 4.69) is 44.7 Å². The molecule has 0 aromatic rings. The van der Waals surface area contributed by atoms with Gasteiger partial charge in [0.15, 0.2) is 0 Å². The number of hydrazine groups is 1. The molecule has 0 aromatic carbocycles. The van der Waals surface area contributed by atoms with Gasteiger partial charge in [-0.15, -0.1) is 0 Å². The molecule has 66 valence electrons. The summed E-state index contributed by atoms with van der Waals surface area (Å²) in [5, 5.41) is 2.06. The van der Waals surface area contributed by atoms with Gasteiger partial charge in [-0.3, -0.25) is 0 Å². The van der Waals surface area contributed by atoms with E-state index in [0.717, 1.165) is 5.70 Å². The molecule has 11 heavy (non-hydrogen) atoms. The molecule has 0 radical (unpaired) electrons. The number of rotatable bonds is 4. The third-order valence-corrected chi connectivity index (χ3v) is 1.79. The van der Waals surface area contributed by atoms with E-state index in [4.69, 9.17) is 0 Å². The van der Waals surface area contributed by atoms with Crippen molar-refractivity contribution in [1.82, 2.24) is 10.4 Å². The Labute approximate surface area is 70.2 Å². The van der Waals surface area contributed by atoms with E-state index in [-0.39, 0.29) is 0 Å². The van der Waals surface area contributed by atoms with Gasteiger partial charge in [-0.05, 0) is 19.8 Å². The summed E-state index contributed by atoms with van der Waals surface area (Å²) in [6, 6.07) is 0.505. The van der Waals surface area contributed by atoms with E-state index in [1.165, 1.54) is 0 Å². The topological polar surface area (TPSA) is 15.3 Å². The molecule has 0 aromatic heterocycles. The molecule has 0 rings (SSSR count). The summed E-state index contributed by atoms with van der Waals surface area (Å²) in [5.41, 5.74) is 4.29. The van der Waals surface area contributed by atoms with Crippen molar-refractivity contribution in [1.29, 1.82) is 0 Å². The first-order valence-electron chi connectivity index (χ1n) is 4.13. The fraction of sp³-hybridized carbons (Fsp3) is 0.778. The predicted octanol–water partition coefficient (Wildman–Crippen LogP) is 2.00. The predicted molar refractivity (Wildman–Crippen MR) is 50.0 cm³/mol. The van der Waals surface area contributed by atoms with Crippen molar-refractivity contribution >= 4 is 0 Å². The van der Waals surface area contributed by atoms with Gasteiger partial charge in [-0.1, -0.05) is 20.4 Å². The number of nitrogens with one attached hydrogen (secondary N) is 1. The molecule has 0 spiro atoms. The van der Waals surface area contributed by atoms with Gasteiger partial charge >= 0.3 is 0 Å². The van der Waals surface area contributed by atoms with Crippen LogP contribution in [-0.2, 0) is 0 Å². The molecule has 0 aliphatic carbocycles. The van der Waals surface area contributed by atoms with Gasteiger partial charge in [-0.2, -0.15) is 0 Å². The first kappa shape index (κ1) is 10.5. The number of nitrogens with zero attached hydrogens (tertiary/aromatic N) is 1. The van der Waals surface area contributed by atoms with Crippen LogP contribution >= 0.6 is 0 Å². The van der Waals surface area contributed by atoms with Crippen molar-refractivity contribution in [2.75, 3.05) is 7.05 Å². The van der Waals surface area contributed by atoms with Gasteiger partial charge in [0.1, 0.15) is 0 Å². The summed E-state index contributed by atoms with van der Waals surface area (Å²) < 4.78 is 0. The Hall–Kier alpha value is -0.500. The summed E-state index contributed by atoms with van der Waals surface area (Å²) in [4.78, 5) is 0. The highest BCUT2D eigenvalue weighted by Crippen LogP contribution is 2.03. The zero-order valence-electron chi connectivity index (χ0n) is 8.31. The first-order valence-corrected chi connectivity index (χ1v) is 4.13. The normalized spacial score (nSPS) is 11.3. The van der Waals surface area contributed by atoms with Crippen molar-refractivity contribution in [3.63, 3.8) is 0 Å². The molecule has 2 nitrogen and oxygen atoms in total.